The van der Waals surface area contributed by atoms with Crippen molar-refractivity contribution < 1.29 is 14.3 Å². The molecule has 0 saturated heterocycles. The molecule has 1 aliphatic rings. The molecule has 0 unspecified atom stereocenters. The molecule has 0 atom stereocenters. The topological polar surface area (TPSA) is 48.4 Å². The van der Waals surface area contributed by atoms with Gasteiger partial charge in [0, 0.05) is 23.4 Å². The Labute approximate surface area is 124 Å². The molecule has 3 rings (SSSR count). The summed E-state index contributed by atoms with van der Waals surface area (Å²) >= 11 is 0. The highest BCUT2D eigenvalue weighted by molar-refractivity contribution is 6.01. The summed E-state index contributed by atoms with van der Waals surface area (Å²) in [7, 11) is 3.21. The highest BCUT2D eigenvalue weighted by Crippen LogP contribution is 2.37. The van der Waals surface area contributed by atoms with E-state index < -0.39 is 0 Å². The molecule has 4 nitrogen and oxygen atoms in total. The molecule has 110 valence electrons. The van der Waals surface area contributed by atoms with Crippen molar-refractivity contribution in [1.82, 2.24) is 4.98 Å². The van der Waals surface area contributed by atoms with Gasteiger partial charge in [-0.1, -0.05) is 13.8 Å². The normalized spacial score (nSPS) is 16.7. The van der Waals surface area contributed by atoms with E-state index in [0.717, 1.165) is 28.6 Å². The van der Waals surface area contributed by atoms with E-state index in [-0.39, 0.29) is 11.2 Å². The van der Waals surface area contributed by atoms with Crippen molar-refractivity contribution >= 4 is 16.7 Å². The van der Waals surface area contributed by atoms with Gasteiger partial charge in [0.15, 0.2) is 17.3 Å². The van der Waals surface area contributed by atoms with Crippen LogP contribution in [0.3, 0.4) is 0 Å². The Balaban J connectivity index is 2.22. The zero-order chi connectivity index (χ0) is 15.2. The Morgan fingerprint density at radius 1 is 1.05 bits per heavy atom. The van der Waals surface area contributed by atoms with Crippen LogP contribution in [0.5, 0.6) is 11.5 Å². The van der Waals surface area contributed by atoms with E-state index >= 15 is 0 Å². The first-order valence-electron chi connectivity index (χ1n) is 7.02. The number of Topliss-reactive ketones (excluding diaryl/α,β-unsaturated/α-hetero) is 1. The average Bonchev–Trinajstić information content (AvgIpc) is 2.43. The van der Waals surface area contributed by atoms with Crippen LogP contribution >= 0.6 is 0 Å². The number of pyridine rings is 1. The fraction of sp³-hybridized carbons (Fsp3) is 0.412. The lowest BCUT2D eigenvalue weighted by molar-refractivity contribution is 0.0910. The number of carbonyl (C=O) groups is 1. The van der Waals surface area contributed by atoms with Gasteiger partial charge >= 0.3 is 0 Å². The van der Waals surface area contributed by atoms with Crippen molar-refractivity contribution in [2.24, 2.45) is 5.41 Å². The van der Waals surface area contributed by atoms with Crippen LogP contribution in [-0.2, 0) is 6.42 Å². The van der Waals surface area contributed by atoms with Crippen LogP contribution in [0.25, 0.3) is 10.9 Å². The van der Waals surface area contributed by atoms with Crippen LogP contribution < -0.4 is 9.47 Å². The molecular formula is C17H19NO3. The van der Waals surface area contributed by atoms with Gasteiger partial charge in [-0.05, 0) is 24.0 Å². The van der Waals surface area contributed by atoms with Crippen molar-refractivity contribution in [3.8, 4) is 11.5 Å². The van der Waals surface area contributed by atoms with Crippen molar-refractivity contribution in [3.05, 3.63) is 29.5 Å². The summed E-state index contributed by atoms with van der Waals surface area (Å²) in [5.74, 6) is 1.47. The molecule has 1 aliphatic carbocycles. The zero-order valence-corrected chi connectivity index (χ0v) is 12.8. The Hall–Kier alpha value is -2.10. The first-order valence-corrected chi connectivity index (χ1v) is 7.02. The molecule has 0 saturated carbocycles. The first kappa shape index (κ1) is 13.9. The van der Waals surface area contributed by atoms with Crippen LogP contribution in [0.2, 0.25) is 0 Å². The number of ether oxygens (including phenoxy) is 2. The van der Waals surface area contributed by atoms with E-state index in [4.69, 9.17) is 9.47 Å². The van der Waals surface area contributed by atoms with Gasteiger partial charge in [0.2, 0.25) is 0 Å². The number of hydrogen-bond acceptors (Lipinski definition) is 4. The van der Waals surface area contributed by atoms with Crippen molar-refractivity contribution in [3.63, 3.8) is 0 Å². The SMILES string of the molecule is COc1cc2cc3c(nc2cc1OC)CC(C)(C)CC3=O. The van der Waals surface area contributed by atoms with E-state index in [0.29, 0.717) is 17.9 Å². The average molecular weight is 285 g/mol. The molecule has 1 heterocycles. The molecule has 21 heavy (non-hydrogen) atoms. The number of nitrogens with zero attached hydrogens (tertiary/aromatic N) is 1. The number of benzene rings is 1. The fourth-order valence-corrected chi connectivity index (χ4v) is 2.96. The molecule has 2 aromatic rings. The standard InChI is InChI=1S/C17H19NO3/c1-17(2)8-13-11(14(19)9-17)5-10-6-15(20-3)16(21-4)7-12(10)18-13/h5-7H,8-9H2,1-4H3. The van der Waals surface area contributed by atoms with Gasteiger partial charge in [0.05, 0.1) is 25.4 Å². The molecule has 0 radical (unpaired) electrons. The van der Waals surface area contributed by atoms with Crippen LogP contribution in [0.15, 0.2) is 18.2 Å². The van der Waals surface area contributed by atoms with E-state index in [1.165, 1.54) is 0 Å². The van der Waals surface area contributed by atoms with Gasteiger partial charge in [0.1, 0.15) is 0 Å². The van der Waals surface area contributed by atoms with E-state index in [2.05, 4.69) is 18.8 Å². The maximum absolute atomic E-state index is 12.3. The van der Waals surface area contributed by atoms with Crippen molar-refractivity contribution in [2.45, 2.75) is 26.7 Å². The number of methoxy groups -OCH3 is 2. The van der Waals surface area contributed by atoms with Gasteiger partial charge in [-0.25, -0.2) is 0 Å². The predicted molar refractivity (Wildman–Crippen MR) is 81.3 cm³/mol. The number of fused-ring (bicyclic) bond motifs is 2. The van der Waals surface area contributed by atoms with Crippen LogP contribution in [0.1, 0.15) is 36.3 Å². The molecule has 0 fully saturated rings. The third kappa shape index (κ3) is 2.35. The van der Waals surface area contributed by atoms with Crippen LogP contribution in [0, 0.1) is 5.41 Å². The second-order valence-electron chi connectivity index (χ2n) is 6.32. The van der Waals surface area contributed by atoms with Crippen molar-refractivity contribution in [2.75, 3.05) is 14.2 Å². The summed E-state index contributed by atoms with van der Waals surface area (Å²) < 4.78 is 10.6. The molecule has 0 N–H and O–H groups in total. The number of hydrogen-bond donors (Lipinski definition) is 0. The summed E-state index contributed by atoms with van der Waals surface area (Å²) in [6.45, 7) is 4.21. The monoisotopic (exact) mass is 285 g/mol. The highest BCUT2D eigenvalue weighted by Gasteiger charge is 2.32. The molecule has 1 aromatic heterocycles. The first-order chi connectivity index (χ1) is 9.93. The molecular weight excluding hydrogens is 266 g/mol. The van der Waals surface area contributed by atoms with Crippen LogP contribution in [0.4, 0.5) is 0 Å². The number of aromatic nitrogens is 1. The molecule has 0 aliphatic heterocycles. The summed E-state index contributed by atoms with van der Waals surface area (Å²) in [5.41, 5.74) is 2.43. The van der Waals surface area contributed by atoms with Crippen LogP contribution in [-0.4, -0.2) is 25.0 Å². The maximum atomic E-state index is 12.3. The summed E-state index contributed by atoms with van der Waals surface area (Å²) in [4.78, 5) is 17.0. The predicted octanol–water partition coefficient (Wildman–Crippen LogP) is 3.41. The Morgan fingerprint density at radius 2 is 1.71 bits per heavy atom. The Kier molecular flexibility index (Phi) is 3.12. The zero-order valence-electron chi connectivity index (χ0n) is 12.8. The number of ketones is 1. The van der Waals surface area contributed by atoms with E-state index in [9.17, 15) is 4.79 Å². The van der Waals surface area contributed by atoms with E-state index in [1.807, 2.05) is 18.2 Å². The number of carbonyl (C=O) groups excluding carboxylic acids is 1. The summed E-state index contributed by atoms with van der Waals surface area (Å²) in [6, 6.07) is 5.66. The summed E-state index contributed by atoms with van der Waals surface area (Å²) in [6.07, 6.45) is 1.39. The lowest BCUT2D eigenvalue weighted by Gasteiger charge is -2.29. The second kappa shape index (κ2) is 4.72. The molecule has 1 aromatic carbocycles. The molecule has 0 bridgehead atoms. The van der Waals surface area contributed by atoms with Gasteiger partial charge < -0.3 is 9.47 Å². The number of rotatable bonds is 2. The smallest absolute Gasteiger partial charge is 0.165 e. The molecule has 0 spiro atoms. The van der Waals surface area contributed by atoms with Gasteiger partial charge in [-0.2, -0.15) is 0 Å². The Morgan fingerprint density at radius 3 is 2.38 bits per heavy atom. The largest absolute Gasteiger partial charge is 0.493 e. The van der Waals surface area contributed by atoms with Gasteiger partial charge in [0.25, 0.3) is 0 Å². The Bertz CT molecular complexity index is 734. The molecule has 4 heteroatoms. The lowest BCUT2D eigenvalue weighted by Crippen LogP contribution is -2.27. The van der Waals surface area contributed by atoms with Gasteiger partial charge in [-0.3, -0.25) is 9.78 Å². The minimum atomic E-state index is -0.0265. The van der Waals surface area contributed by atoms with Crippen molar-refractivity contribution in [1.29, 1.82) is 0 Å². The van der Waals surface area contributed by atoms with E-state index in [1.54, 1.807) is 14.2 Å². The fourth-order valence-electron chi connectivity index (χ4n) is 2.96. The highest BCUT2D eigenvalue weighted by atomic mass is 16.5. The second-order valence-corrected chi connectivity index (χ2v) is 6.32. The molecule has 0 amide bonds. The summed E-state index contributed by atoms with van der Waals surface area (Å²) in [5, 5.41) is 0.902. The third-order valence-corrected chi connectivity index (χ3v) is 3.98. The maximum Gasteiger partial charge on any atom is 0.165 e. The minimum Gasteiger partial charge on any atom is -0.493 e. The quantitative estimate of drug-likeness (QED) is 0.848. The lowest BCUT2D eigenvalue weighted by atomic mass is 9.75. The minimum absolute atomic E-state index is 0.0265. The van der Waals surface area contributed by atoms with Gasteiger partial charge in [-0.15, -0.1) is 0 Å². The third-order valence-electron chi connectivity index (χ3n) is 3.98.